The Bertz CT molecular complexity index is 1290. The van der Waals surface area contributed by atoms with Crippen LogP contribution in [0.5, 0.6) is 5.88 Å². The zero-order valence-corrected chi connectivity index (χ0v) is 24.4. The number of nitrogens with one attached hydrogen (secondary N) is 1. The quantitative estimate of drug-likeness (QED) is 0.417. The fourth-order valence-corrected chi connectivity index (χ4v) is 7.37. The lowest BCUT2D eigenvalue weighted by Crippen LogP contribution is -2.44. The smallest absolute Gasteiger partial charge is 0.269 e. The third-order valence-electron chi connectivity index (χ3n) is 8.85. The molecular weight excluding hydrogens is 520 g/mol. The van der Waals surface area contributed by atoms with E-state index in [4.69, 9.17) is 14.5 Å². The number of aromatic nitrogens is 2. The van der Waals surface area contributed by atoms with Crippen molar-refractivity contribution in [2.24, 2.45) is 17.8 Å². The van der Waals surface area contributed by atoms with Crippen LogP contribution >= 0.6 is 0 Å². The van der Waals surface area contributed by atoms with E-state index in [0.717, 1.165) is 78.9 Å². The summed E-state index contributed by atoms with van der Waals surface area (Å²) < 4.78 is 28.5. The van der Waals surface area contributed by atoms with Crippen LogP contribution < -0.4 is 9.46 Å². The van der Waals surface area contributed by atoms with Crippen LogP contribution in [0.2, 0.25) is 0 Å². The molecule has 0 spiro atoms. The lowest BCUT2D eigenvalue weighted by molar-refractivity contribution is 0.0482. The number of ether oxygens (including phenoxy) is 2. The largest absolute Gasteiger partial charge is 0.588 e. The normalized spacial score (nSPS) is 24.0. The predicted molar refractivity (Wildman–Crippen MR) is 159 cm³/mol. The Hall–Kier alpha value is -2.65. The van der Waals surface area contributed by atoms with Crippen molar-refractivity contribution in [2.45, 2.75) is 50.8 Å². The summed E-state index contributed by atoms with van der Waals surface area (Å²) in [5.74, 6) is 2.50. The third-order valence-corrected chi connectivity index (χ3v) is 9.90. The number of benzene rings is 2. The fraction of sp³-hybridized carbons (Fsp3) is 0.500. The molecule has 0 aliphatic carbocycles. The van der Waals surface area contributed by atoms with E-state index >= 15 is 0 Å². The molecule has 6 rings (SSSR count). The molecule has 0 radical (unpaired) electrons. The van der Waals surface area contributed by atoms with Gasteiger partial charge >= 0.3 is 0 Å². The Morgan fingerprint density at radius 3 is 2.62 bits per heavy atom. The van der Waals surface area contributed by atoms with Gasteiger partial charge in [-0.3, -0.25) is 0 Å². The van der Waals surface area contributed by atoms with Crippen molar-refractivity contribution in [3.63, 3.8) is 0 Å². The van der Waals surface area contributed by atoms with Crippen molar-refractivity contribution in [1.29, 1.82) is 0 Å². The number of hydrogen-bond donors (Lipinski definition) is 1. The number of rotatable bonds is 4. The Labute approximate surface area is 241 Å². The van der Waals surface area contributed by atoms with Crippen LogP contribution in [-0.4, -0.2) is 58.9 Å². The van der Waals surface area contributed by atoms with Gasteiger partial charge < -0.3 is 18.9 Å². The SMILES string of the molecule is Cc1cccc(C)c1-c1cc2nc(n1)N[S+]([O-])c1cccc(c1)CC1CCN(CCC3CCOCC3)C[C@@H]1CO2. The average Bonchev–Trinajstić information content (AvgIpc) is 2.96. The Morgan fingerprint density at radius 1 is 1.00 bits per heavy atom. The summed E-state index contributed by atoms with van der Waals surface area (Å²) in [6.07, 6.45) is 5.72. The van der Waals surface area contributed by atoms with Crippen LogP contribution in [0.1, 0.15) is 42.4 Å². The summed E-state index contributed by atoms with van der Waals surface area (Å²) >= 11 is -1.48. The number of fused-ring (bicyclic) bond motifs is 5. The zero-order valence-electron chi connectivity index (χ0n) is 23.6. The number of aryl methyl sites for hydroxylation is 2. The van der Waals surface area contributed by atoms with Crippen molar-refractivity contribution in [2.75, 3.05) is 44.2 Å². The second kappa shape index (κ2) is 12.5. The van der Waals surface area contributed by atoms with E-state index in [1.54, 1.807) is 0 Å². The zero-order chi connectivity index (χ0) is 27.5. The maximum absolute atomic E-state index is 13.4. The first kappa shape index (κ1) is 27.5. The molecule has 3 aliphatic rings. The molecule has 2 saturated heterocycles. The van der Waals surface area contributed by atoms with Gasteiger partial charge in [0, 0.05) is 37.3 Å². The maximum Gasteiger partial charge on any atom is 0.269 e. The number of piperidine rings is 1. The molecule has 7 nitrogen and oxygen atoms in total. The van der Waals surface area contributed by atoms with E-state index in [0.29, 0.717) is 30.3 Å². The van der Waals surface area contributed by atoms with Crippen molar-refractivity contribution in [1.82, 2.24) is 14.9 Å². The van der Waals surface area contributed by atoms with Crippen molar-refractivity contribution in [3.8, 4) is 17.1 Å². The molecule has 3 aliphatic heterocycles. The monoisotopic (exact) mass is 560 g/mol. The minimum absolute atomic E-state index is 0.316. The molecule has 4 heterocycles. The van der Waals surface area contributed by atoms with Gasteiger partial charge in [-0.2, -0.15) is 9.71 Å². The van der Waals surface area contributed by atoms with Gasteiger partial charge in [0.2, 0.25) is 5.88 Å². The van der Waals surface area contributed by atoms with Crippen LogP contribution in [-0.2, 0) is 22.5 Å². The molecule has 2 unspecified atom stereocenters. The first-order valence-electron chi connectivity index (χ1n) is 14.7. The second-order valence-electron chi connectivity index (χ2n) is 11.7. The lowest BCUT2D eigenvalue weighted by Gasteiger charge is -2.39. The molecule has 0 saturated carbocycles. The van der Waals surface area contributed by atoms with Gasteiger partial charge in [-0.1, -0.05) is 30.3 Å². The predicted octanol–water partition coefficient (Wildman–Crippen LogP) is 5.58. The summed E-state index contributed by atoms with van der Waals surface area (Å²) in [5, 5.41) is 0. The minimum atomic E-state index is -1.48. The highest BCUT2D eigenvalue weighted by Crippen LogP contribution is 2.33. The molecule has 40 heavy (non-hydrogen) atoms. The molecule has 2 fully saturated rings. The minimum Gasteiger partial charge on any atom is -0.588 e. The molecule has 3 aromatic rings. The summed E-state index contributed by atoms with van der Waals surface area (Å²) in [6.45, 7) is 9.88. The highest BCUT2D eigenvalue weighted by atomic mass is 32.2. The van der Waals surface area contributed by atoms with E-state index in [2.05, 4.69) is 58.8 Å². The van der Waals surface area contributed by atoms with Gasteiger partial charge in [0.25, 0.3) is 5.95 Å². The van der Waals surface area contributed by atoms with Crippen LogP contribution in [0.3, 0.4) is 0 Å². The number of nitrogens with zero attached hydrogens (tertiary/aromatic N) is 3. The molecular formula is C32H40N4O3S. The number of hydrogen-bond acceptors (Lipinski definition) is 7. The van der Waals surface area contributed by atoms with Gasteiger partial charge in [0.15, 0.2) is 4.90 Å². The summed E-state index contributed by atoms with van der Waals surface area (Å²) in [7, 11) is 0. The summed E-state index contributed by atoms with van der Waals surface area (Å²) in [4.78, 5) is 12.8. The highest BCUT2D eigenvalue weighted by Gasteiger charge is 2.31. The van der Waals surface area contributed by atoms with Crippen LogP contribution in [0.25, 0.3) is 11.3 Å². The first-order valence-corrected chi connectivity index (χ1v) is 15.8. The molecule has 3 atom stereocenters. The molecule has 8 heteroatoms. The van der Waals surface area contributed by atoms with Crippen molar-refractivity contribution < 1.29 is 14.0 Å². The van der Waals surface area contributed by atoms with Crippen molar-refractivity contribution >= 4 is 17.3 Å². The van der Waals surface area contributed by atoms with Crippen LogP contribution in [0.4, 0.5) is 5.95 Å². The van der Waals surface area contributed by atoms with E-state index in [1.807, 2.05) is 18.2 Å². The highest BCUT2D eigenvalue weighted by molar-refractivity contribution is 7.92. The molecule has 4 bridgehead atoms. The Balaban J connectivity index is 1.29. The topological polar surface area (TPSA) is 82.6 Å². The van der Waals surface area contributed by atoms with Gasteiger partial charge in [0.1, 0.15) is 11.4 Å². The summed E-state index contributed by atoms with van der Waals surface area (Å²) in [6, 6.07) is 16.3. The number of anilines is 1. The lowest BCUT2D eigenvalue weighted by atomic mass is 9.81. The number of likely N-dealkylation sites (tertiary alicyclic amines) is 1. The van der Waals surface area contributed by atoms with Gasteiger partial charge in [-0.05, 0) is 99.7 Å². The van der Waals surface area contributed by atoms with E-state index in [-0.39, 0.29) is 0 Å². The van der Waals surface area contributed by atoms with Gasteiger partial charge in [-0.15, -0.1) is 0 Å². The van der Waals surface area contributed by atoms with E-state index < -0.39 is 11.4 Å². The second-order valence-corrected chi connectivity index (χ2v) is 12.9. The maximum atomic E-state index is 13.4. The van der Waals surface area contributed by atoms with Crippen molar-refractivity contribution in [3.05, 3.63) is 65.2 Å². The Kier molecular flexibility index (Phi) is 8.58. The molecule has 1 N–H and O–H groups in total. The molecule has 2 aromatic carbocycles. The first-order chi connectivity index (χ1) is 19.5. The van der Waals surface area contributed by atoms with E-state index in [1.165, 1.54) is 24.8 Å². The van der Waals surface area contributed by atoms with Crippen LogP contribution in [0.15, 0.2) is 53.4 Å². The molecule has 0 amide bonds. The molecule has 1 aromatic heterocycles. The van der Waals surface area contributed by atoms with Crippen LogP contribution in [0, 0.1) is 31.6 Å². The summed E-state index contributed by atoms with van der Waals surface area (Å²) in [5.41, 5.74) is 5.33. The Morgan fingerprint density at radius 2 is 1.80 bits per heavy atom. The molecule has 212 valence electrons. The average molecular weight is 561 g/mol. The van der Waals surface area contributed by atoms with Gasteiger partial charge in [0.05, 0.1) is 12.3 Å². The van der Waals surface area contributed by atoms with Gasteiger partial charge in [-0.25, -0.2) is 4.98 Å². The third kappa shape index (κ3) is 6.46. The van der Waals surface area contributed by atoms with E-state index in [9.17, 15) is 4.55 Å². The fourth-order valence-electron chi connectivity index (χ4n) is 6.53. The standard InChI is InChI=1S/C32H40N4O3S/c1-22-5-3-6-23(2)31(22)29-19-30-34-32(33-29)35-40(37)28-8-4-7-25(18-28)17-26-10-14-36(20-27(26)21-39-30)13-9-24-11-15-38-16-12-24/h3-8,18-19,24,26-27H,9-17,20-21H2,1-2H3,(H,33,34,35)/t26?,27-,40?/m1/s1.